The van der Waals surface area contributed by atoms with E-state index >= 15 is 0 Å². The zero-order valence-electron chi connectivity index (χ0n) is 8.72. The van der Waals surface area contributed by atoms with Gasteiger partial charge in [0.2, 0.25) is 0 Å². The van der Waals surface area contributed by atoms with Crippen LogP contribution in [0.5, 0.6) is 0 Å². The van der Waals surface area contributed by atoms with Crippen molar-refractivity contribution in [3.8, 4) is 0 Å². The predicted octanol–water partition coefficient (Wildman–Crippen LogP) is 0.549. The first-order valence-electron chi connectivity index (χ1n) is 4.71. The van der Waals surface area contributed by atoms with Crippen LogP contribution < -0.4 is 5.73 Å². The average molecular weight is 208 g/mol. The van der Waals surface area contributed by atoms with Crippen LogP contribution in [-0.2, 0) is 4.74 Å². The lowest BCUT2D eigenvalue weighted by atomic mass is 9.88. The summed E-state index contributed by atoms with van der Waals surface area (Å²) in [5, 5.41) is 0. The highest BCUT2D eigenvalue weighted by Gasteiger charge is 2.37. The van der Waals surface area contributed by atoms with Gasteiger partial charge in [-0.3, -0.25) is 4.90 Å². The highest BCUT2D eigenvalue weighted by Crippen LogP contribution is 2.27. The first kappa shape index (κ1) is 11.8. The number of ether oxygens (including phenoxy) is 1. The first-order chi connectivity index (χ1) is 6.37. The number of hydrogen-bond donors (Lipinski definition) is 1. The zero-order chi connectivity index (χ0) is 10.8. The molecule has 1 aliphatic rings. The number of nitrogens with zero attached hydrogens (tertiary/aromatic N) is 1. The maximum absolute atomic E-state index is 12.9. The standard InChI is InChI=1S/C9H18F2N2O/c1-8(6-14-7-8)4-13(2)5-9(10,11)3-12/h3-7,12H2,1-2H3. The van der Waals surface area contributed by atoms with Crippen molar-refractivity contribution in [2.24, 2.45) is 11.1 Å². The van der Waals surface area contributed by atoms with E-state index in [1.165, 1.54) is 0 Å². The number of rotatable bonds is 5. The molecule has 0 spiro atoms. The molecule has 2 N–H and O–H groups in total. The SMILES string of the molecule is CN(CC(F)(F)CN)CC1(C)COC1. The maximum Gasteiger partial charge on any atom is 0.272 e. The fourth-order valence-corrected chi connectivity index (χ4v) is 1.71. The number of hydrogen-bond acceptors (Lipinski definition) is 3. The van der Waals surface area contributed by atoms with E-state index in [1.54, 1.807) is 11.9 Å². The van der Waals surface area contributed by atoms with Gasteiger partial charge in [-0.1, -0.05) is 6.92 Å². The van der Waals surface area contributed by atoms with Gasteiger partial charge in [0.25, 0.3) is 5.92 Å². The van der Waals surface area contributed by atoms with Gasteiger partial charge in [0.05, 0.1) is 26.3 Å². The molecule has 1 heterocycles. The molecule has 0 amide bonds. The van der Waals surface area contributed by atoms with E-state index in [2.05, 4.69) is 0 Å². The first-order valence-corrected chi connectivity index (χ1v) is 4.71. The molecular weight excluding hydrogens is 190 g/mol. The largest absolute Gasteiger partial charge is 0.380 e. The van der Waals surface area contributed by atoms with Gasteiger partial charge in [-0.2, -0.15) is 0 Å². The van der Waals surface area contributed by atoms with E-state index in [9.17, 15) is 8.78 Å². The Hall–Kier alpha value is -0.260. The van der Waals surface area contributed by atoms with Crippen molar-refractivity contribution in [2.75, 3.05) is 39.9 Å². The predicted molar refractivity (Wildman–Crippen MR) is 50.4 cm³/mol. The highest BCUT2D eigenvalue weighted by atomic mass is 19.3. The minimum absolute atomic E-state index is 0.0411. The molecule has 84 valence electrons. The molecule has 0 atom stereocenters. The van der Waals surface area contributed by atoms with E-state index in [1.807, 2.05) is 6.92 Å². The Bertz CT molecular complexity index is 182. The maximum atomic E-state index is 12.9. The van der Waals surface area contributed by atoms with Crippen LogP contribution in [0, 0.1) is 5.41 Å². The smallest absolute Gasteiger partial charge is 0.272 e. The van der Waals surface area contributed by atoms with Crippen LogP contribution in [0.2, 0.25) is 0 Å². The second-order valence-electron chi connectivity index (χ2n) is 4.54. The van der Waals surface area contributed by atoms with Crippen molar-refractivity contribution in [3.05, 3.63) is 0 Å². The highest BCUT2D eigenvalue weighted by molar-refractivity contribution is 4.85. The Morgan fingerprint density at radius 2 is 2.07 bits per heavy atom. The normalized spacial score (nSPS) is 21.0. The van der Waals surface area contributed by atoms with Crippen LogP contribution in [0.3, 0.4) is 0 Å². The quantitative estimate of drug-likeness (QED) is 0.717. The molecule has 0 saturated carbocycles. The summed E-state index contributed by atoms with van der Waals surface area (Å²) in [6.07, 6.45) is 0. The minimum Gasteiger partial charge on any atom is -0.380 e. The fraction of sp³-hybridized carbons (Fsp3) is 1.00. The molecule has 0 radical (unpaired) electrons. The molecule has 0 aliphatic carbocycles. The van der Waals surface area contributed by atoms with Crippen LogP contribution in [-0.4, -0.2) is 50.7 Å². The molecule has 5 heteroatoms. The lowest BCUT2D eigenvalue weighted by molar-refractivity contribution is -0.121. The summed E-state index contributed by atoms with van der Waals surface area (Å²) in [6, 6.07) is 0. The van der Waals surface area contributed by atoms with Gasteiger partial charge in [-0.15, -0.1) is 0 Å². The van der Waals surface area contributed by atoms with Crippen LogP contribution in [0.1, 0.15) is 6.92 Å². The van der Waals surface area contributed by atoms with Gasteiger partial charge in [-0.25, -0.2) is 8.78 Å². The summed E-state index contributed by atoms with van der Waals surface area (Å²) in [4.78, 5) is 1.62. The third-order valence-electron chi connectivity index (χ3n) is 2.35. The molecule has 0 bridgehead atoms. The third-order valence-corrected chi connectivity index (χ3v) is 2.35. The number of halogens is 2. The minimum atomic E-state index is -2.78. The summed E-state index contributed by atoms with van der Waals surface area (Å²) in [5.74, 6) is -2.78. The Kier molecular flexibility index (Phi) is 3.44. The summed E-state index contributed by atoms with van der Waals surface area (Å²) in [6.45, 7) is 3.11. The van der Waals surface area contributed by atoms with Crippen molar-refractivity contribution in [1.82, 2.24) is 4.90 Å². The molecule has 14 heavy (non-hydrogen) atoms. The summed E-state index contributed by atoms with van der Waals surface area (Å²) in [5.41, 5.74) is 5.00. The molecule has 3 nitrogen and oxygen atoms in total. The van der Waals surface area contributed by atoms with Gasteiger partial charge in [0.1, 0.15) is 0 Å². The molecule has 1 rings (SSSR count). The van der Waals surface area contributed by atoms with Gasteiger partial charge in [0, 0.05) is 12.0 Å². The summed E-state index contributed by atoms with van der Waals surface area (Å²) in [7, 11) is 1.69. The van der Waals surface area contributed by atoms with Crippen molar-refractivity contribution in [3.63, 3.8) is 0 Å². The van der Waals surface area contributed by atoms with E-state index in [4.69, 9.17) is 10.5 Å². The molecule has 1 fully saturated rings. The molecule has 1 aliphatic heterocycles. The van der Waals surface area contributed by atoms with E-state index in [0.717, 1.165) is 0 Å². The van der Waals surface area contributed by atoms with Crippen molar-refractivity contribution >= 4 is 0 Å². The lowest BCUT2D eigenvalue weighted by Crippen LogP contribution is -2.50. The van der Waals surface area contributed by atoms with Gasteiger partial charge in [-0.05, 0) is 7.05 Å². The van der Waals surface area contributed by atoms with Crippen LogP contribution in [0.15, 0.2) is 0 Å². The second kappa shape index (κ2) is 4.08. The van der Waals surface area contributed by atoms with E-state index < -0.39 is 12.5 Å². The molecule has 0 aromatic carbocycles. The van der Waals surface area contributed by atoms with Crippen LogP contribution in [0.4, 0.5) is 8.78 Å². The Morgan fingerprint density at radius 1 is 1.50 bits per heavy atom. The zero-order valence-corrected chi connectivity index (χ0v) is 8.72. The van der Waals surface area contributed by atoms with Gasteiger partial charge >= 0.3 is 0 Å². The van der Waals surface area contributed by atoms with E-state index in [-0.39, 0.29) is 12.0 Å². The Labute approximate surface area is 83.2 Å². The van der Waals surface area contributed by atoms with Crippen molar-refractivity contribution in [1.29, 1.82) is 0 Å². The van der Waals surface area contributed by atoms with Crippen LogP contribution >= 0.6 is 0 Å². The molecule has 1 saturated heterocycles. The molecule has 0 aromatic rings. The van der Waals surface area contributed by atoms with Gasteiger partial charge < -0.3 is 10.5 Å². The summed E-state index contributed by atoms with van der Waals surface area (Å²) >= 11 is 0. The lowest BCUT2D eigenvalue weighted by Gasteiger charge is -2.41. The Morgan fingerprint density at radius 3 is 2.43 bits per heavy atom. The second-order valence-corrected chi connectivity index (χ2v) is 4.54. The van der Waals surface area contributed by atoms with Crippen LogP contribution in [0.25, 0.3) is 0 Å². The number of alkyl halides is 2. The van der Waals surface area contributed by atoms with E-state index in [0.29, 0.717) is 19.8 Å². The average Bonchev–Trinajstić information content (AvgIpc) is 2.00. The fourth-order valence-electron chi connectivity index (χ4n) is 1.71. The summed E-state index contributed by atoms with van der Waals surface area (Å²) < 4.78 is 30.9. The van der Waals surface area contributed by atoms with Gasteiger partial charge in [0.15, 0.2) is 0 Å². The molecule has 0 unspecified atom stereocenters. The molecular formula is C9H18F2N2O. The van der Waals surface area contributed by atoms with Crippen molar-refractivity contribution in [2.45, 2.75) is 12.8 Å². The molecule has 0 aromatic heterocycles. The Balaban J connectivity index is 2.31. The number of nitrogens with two attached hydrogens (primary N) is 1. The third kappa shape index (κ3) is 3.15. The van der Waals surface area contributed by atoms with Crippen molar-refractivity contribution < 1.29 is 13.5 Å². The monoisotopic (exact) mass is 208 g/mol. The topological polar surface area (TPSA) is 38.5 Å².